The van der Waals surface area contributed by atoms with Crippen LogP contribution in [-0.4, -0.2) is 78.8 Å². The summed E-state index contributed by atoms with van der Waals surface area (Å²) in [7, 11) is 5.58. The summed E-state index contributed by atoms with van der Waals surface area (Å²) in [6.45, 7) is -0.174. The molecule has 0 saturated carbocycles. The lowest BCUT2D eigenvalue weighted by atomic mass is 9.54. The van der Waals surface area contributed by atoms with Crippen LogP contribution in [0.15, 0.2) is 48.5 Å². The van der Waals surface area contributed by atoms with Gasteiger partial charge in [-0.15, -0.1) is 0 Å². The van der Waals surface area contributed by atoms with Gasteiger partial charge in [0, 0.05) is 37.4 Å². The first-order valence-corrected chi connectivity index (χ1v) is 11.6. The zero-order valence-electron chi connectivity index (χ0n) is 21.2. The number of benzene rings is 2. The fraction of sp³-hybridized carbons (Fsp3) is 0.400. The summed E-state index contributed by atoms with van der Waals surface area (Å²) in [5, 5.41) is 22.5. The number of nitro groups is 2. The molecule has 0 aromatic heterocycles. The molecule has 2 aliphatic rings. The molecule has 2 unspecified atom stereocenters. The van der Waals surface area contributed by atoms with E-state index in [1.54, 1.807) is 23.9 Å². The van der Waals surface area contributed by atoms with Crippen molar-refractivity contribution in [3.8, 4) is 0 Å². The third-order valence-corrected chi connectivity index (χ3v) is 7.54. The number of fused-ring (bicyclic) bond motifs is 2. The minimum Gasteiger partial charge on any atom is -0.468 e. The Bertz CT molecular complexity index is 1220. The molecule has 2 fully saturated rings. The van der Waals surface area contributed by atoms with Crippen LogP contribution in [0.25, 0.3) is 0 Å². The number of hydrogen-bond acceptors (Lipinski definition) is 11. The molecule has 0 aliphatic carbocycles. The van der Waals surface area contributed by atoms with Gasteiger partial charge in [-0.3, -0.25) is 39.5 Å². The maximum absolute atomic E-state index is 14.6. The van der Waals surface area contributed by atoms with Crippen molar-refractivity contribution in [2.45, 2.75) is 12.1 Å². The molecule has 2 aromatic carbocycles. The molecule has 4 atom stereocenters. The molecule has 13 nitrogen and oxygen atoms in total. The highest BCUT2D eigenvalue weighted by atomic mass is 16.6. The molecular formula is C25H26N4O9. The van der Waals surface area contributed by atoms with Gasteiger partial charge in [-0.1, -0.05) is 24.3 Å². The number of ketones is 1. The van der Waals surface area contributed by atoms with E-state index >= 15 is 0 Å². The molecular weight excluding hydrogens is 500 g/mol. The Morgan fingerprint density at radius 1 is 0.789 bits per heavy atom. The number of methoxy groups -OCH3 is 2. The van der Waals surface area contributed by atoms with Crippen LogP contribution in [0, 0.1) is 31.1 Å². The Labute approximate surface area is 217 Å². The van der Waals surface area contributed by atoms with Crippen molar-refractivity contribution in [3.63, 3.8) is 0 Å². The second-order valence-electron chi connectivity index (χ2n) is 9.60. The number of likely N-dealkylation sites (tertiary alicyclic amines) is 2. The highest BCUT2D eigenvalue weighted by Crippen LogP contribution is 2.60. The first-order valence-electron chi connectivity index (χ1n) is 11.6. The van der Waals surface area contributed by atoms with Gasteiger partial charge in [-0.2, -0.15) is 0 Å². The Balaban J connectivity index is 2.03. The fourth-order valence-electron chi connectivity index (χ4n) is 6.21. The van der Waals surface area contributed by atoms with Gasteiger partial charge in [0.1, 0.15) is 0 Å². The molecule has 2 aliphatic heterocycles. The number of esters is 2. The van der Waals surface area contributed by atoms with Crippen molar-refractivity contribution in [1.29, 1.82) is 0 Å². The lowest BCUT2D eigenvalue weighted by Crippen LogP contribution is -2.75. The number of non-ortho nitro benzene ring substituents is 2. The van der Waals surface area contributed by atoms with Gasteiger partial charge in [0.2, 0.25) is 0 Å². The van der Waals surface area contributed by atoms with Gasteiger partial charge in [0.25, 0.3) is 11.4 Å². The number of ether oxygens (including phenoxy) is 2. The number of carbonyl (C=O) groups excluding carboxylic acids is 3. The van der Waals surface area contributed by atoms with Gasteiger partial charge in [0.15, 0.2) is 16.6 Å². The first-order chi connectivity index (χ1) is 17.9. The van der Waals surface area contributed by atoms with Crippen LogP contribution < -0.4 is 0 Å². The van der Waals surface area contributed by atoms with Crippen LogP contribution in [0.5, 0.6) is 0 Å². The van der Waals surface area contributed by atoms with Crippen molar-refractivity contribution in [3.05, 3.63) is 79.9 Å². The maximum atomic E-state index is 14.6. The molecule has 2 saturated heterocycles. The van der Waals surface area contributed by atoms with Crippen molar-refractivity contribution < 1.29 is 33.7 Å². The number of Topliss-reactive ketones (excluding diaryl/α,β-unsaturated/α-hetero) is 1. The van der Waals surface area contributed by atoms with E-state index in [4.69, 9.17) is 9.47 Å². The minimum absolute atomic E-state index is 0.0871. The predicted molar refractivity (Wildman–Crippen MR) is 131 cm³/mol. The number of carbonyl (C=O) groups is 3. The number of piperidine rings is 2. The summed E-state index contributed by atoms with van der Waals surface area (Å²) in [4.78, 5) is 66.4. The molecule has 2 bridgehead atoms. The summed E-state index contributed by atoms with van der Waals surface area (Å²) >= 11 is 0. The van der Waals surface area contributed by atoms with E-state index in [0.717, 1.165) is 14.2 Å². The quantitative estimate of drug-likeness (QED) is 0.234. The van der Waals surface area contributed by atoms with Crippen LogP contribution in [0.2, 0.25) is 0 Å². The first kappa shape index (κ1) is 26.8. The minimum atomic E-state index is -1.89. The normalized spacial score (nSPS) is 27.4. The summed E-state index contributed by atoms with van der Waals surface area (Å²) < 4.78 is 10.3. The zero-order chi connectivity index (χ0) is 28.0. The van der Waals surface area contributed by atoms with Gasteiger partial charge < -0.3 is 14.4 Å². The molecule has 200 valence electrons. The molecule has 2 heterocycles. The van der Waals surface area contributed by atoms with Gasteiger partial charge in [-0.05, 0) is 25.2 Å². The van der Waals surface area contributed by atoms with Crippen molar-refractivity contribution in [1.82, 2.24) is 9.80 Å². The molecule has 0 amide bonds. The topological polar surface area (TPSA) is 162 Å². The number of nitrogens with zero attached hydrogens (tertiary/aromatic N) is 4. The Hall–Kier alpha value is -4.23. The van der Waals surface area contributed by atoms with Crippen LogP contribution in [0.3, 0.4) is 0 Å². The summed E-state index contributed by atoms with van der Waals surface area (Å²) in [5.41, 5.74) is -3.31. The maximum Gasteiger partial charge on any atom is 0.322 e. The summed E-state index contributed by atoms with van der Waals surface area (Å²) in [6.07, 6.45) is 0. The fourth-order valence-corrected chi connectivity index (χ4v) is 6.21. The molecule has 2 aromatic rings. The molecule has 0 spiro atoms. The molecule has 38 heavy (non-hydrogen) atoms. The van der Waals surface area contributed by atoms with Crippen LogP contribution in [0.1, 0.15) is 23.2 Å². The van der Waals surface area contributed by atoms with Gasteiger partial charge in [-0.25, -0.2) is 0 Å². The highest BCUT2D eigenvalue weighted by molar-refractivity contribution is 6.17. The second kappa shape index (κ2) is 9.58. The molecule has 0 N–H and O–H groups in total. The third kappa shape index (κ3) is 3.73. The van der Waals surface area contributed by atoms with Gasteiger partial charge >= 0.3 is 11.9 Å². The van der Waals surface area contributed by atoms with E-state index < -0.39 is 50.5 Å². The predicted octanol–water partition coefficient (Wildman–Crippen LogP) is 2.06. The SMILES string of the molecule is COC(=O)C12CN(C)CC(C(=O)OC)(C1=O)[C@@H](c1ccc([N+](=O)[O-])cc1)N(C)[C@H]2c1ccc([N+](=O)[O-])cc1. The van der Waals surface area contributed by atoms with E-state index in [9.17, 15) is 34.6 Å². The smallest absolute Gasteiger partial charge is 0.322 e. The monoisotopic (exact) mass is 526 g/mol. The van der Waals surface area contributed by atoms with Crippen molar-refractivity contribution in [2.75, 3.05) is 41.4 Å². The number of rotatable bonds is 6. The highest BCUT2D eigenvalue weighted by Gasteiger charge is 2.74. The van der Waals surface area contributed by atoms with Crippen molar-refractivity contribution >= 4 is 29.1 Å². The van der Waals surface area contributed by atoms with Crippen LogP contribution in [0.4, 0.5) is 11.4 Å². The third-order valence-electron chi connectivity index (χ3n) is 7.54. The van der Waals surface area contributed by atoms with E-state index in [2.05, 4.69) is 0 Å². The summed E-state index contributed by atoms with van der Waals surface area (Å²) in [6, 6.07) is 8.92. The number of nitro benzene ring substituents is 2. The average molecular weight is 527 g/mol. The Kier molecular flexibility index (Phi) is 6.76. The molecule has 0 radical (unpaired) electrons. The van der Waals surface area contributed by atoms with Crippen LogP contribution >= 0.6 is 0 Å². The van der Waals surface area contributed by atoms with Gasteiger partial charge in [0.05, 0.1) is 36.1 Å². The van der Waals surface area contributed by atoms with Crippen LogP contribution in [-0.2, 0) is 23.9 Å². The second-order valence-corrected chi connectivity index (χ2v) is 9.60. The molecule has 4 rings (SSSR count). The number of hydrogen-bond donors (Lipinski definition) is 0. The largest absolute Gasteiger partial charge is 0.468 e. The van der Waals surface area contributed by atoms with E-state index in [-0.39, 0.29) is 24.5 Å². The molecule has 13 heteroatoms. The standard InChI is InChI=1S/C25H26N4O9/c1-26-13-24(22(31)37-3)19(15-5-9-17(10-6-15)28(33)34)27(2)20(16-7-11-18(12-8-16)29(35)36)25(14-26,21(24)30)23(32)38-4/h5-12,19-20H,13-14H2,1-4H3/t19-,20+,24?,25?. The lowest BCUT2D eigenvalue weighted by Gasteiger charge is -2.60. The summed E-state index contributed by atoms with van der Waals surface area (Å²) in [5.74, 6) is -2.43. The Morgan fingerprint density at radius 3 is 1.42 bits per heavy atom. The van der Waals surface area contributed by atoms with E-state index in [1.807, 2.05) is 0 Å². The zero-order valence-corrected chi connectivity index (χ0v) is 21.2. The van der Waals surface area contributed by atoms with E-state index in [0.29, 0.717) is 11.1 Å². The average Bonchev–Trinajstić information content (AvgIpc) is 2.90. The van der Waals surface area contributed by atoms with Crippen molar-refractivity contribution in [2.24, 2.45) is 10.8 Å². The van der Waals surface area contributed by atoms with E-state index in [1.165, 1.54) is 48.5 Å². The Morgan fingerprint density at radius 2 is 1.13 bits per heavy atom. The lowest BCUT2D eigenvalue weighted by molar-refractivity contribution is -0.385.